The number of aryl methyl sites for hydroxylation is 1. The Balaban J connectivity index is 1.90. The van der Waals surface area contributed by atoms with Gasteiger partial charge in [-0.2, -0.15) is 0 Å². The molecule has 1 nitrogen and oxygen atoms in total. The van der Waals surface area contributed by atoms with Crippen molar-refractivity contribution in [3.63, 3.8) is 0 Å². The molecule has 0 fully saturated rings. The van der Waals surface area contributed by atoms with Crippen molar-refractivity contribution in [2.24, 2.45) is 0 Å². The van der Waals surface area contributed by atoms with Crippen LogP contribution in [0.4, 0.5) is 5.69 Å². The molecule has 2 heterocycles. The quantitative estimate of drug-likeness (QED) is 0.816. The van der Waals surface area contributed by atoms with E-state index in [1.165, 1.54) is 26.6 Å². The minimum Gasteiger partial charge on any atom is -0.377 e. The first kappa shape index (κ1) is 12.1. The summed E-state index contributed by atoms with van der Waals surface area (Å²) in [5.41, 5.74) is 3.79. The summed E-state index contributed by atoms with van der Waals surface area (Å²) in [6, 6.07) is 9.06. The zero-order chi connectivity index (χ0) is 12.7. The second kappa shape index (κ2) is 4.60. The van der Waals surface area contributed by atoms with Crippen molar-refractivity contribution in [3.8, 4) is 0 Å². The van der Waals surface area contributed by atoms with Crippen LogP contribution >= 0.6 is 22.9 Å². The molecule has 0 spiro atoms. The van der Waals surface area contributed by atoms with Gasteiger partial charge < -0.3 is 5.32 Å². The largest absolute Gasteiger partial charge is 0.377 e. The highest BCUT2D eigenvalue weighted by Crippen LogP contribution is 2.40. The molecular weight excluding hydrogens is 262 g/mol. The Morgan fingerprint density at radius 2 is 2.17 bits per heavy atom. The minimum atomic E-state index is 0.419. The molecule has 0 saturated heterocycles. The third kappa shape index (κ3) is 1.94. The summed E-state index contributed by atoms with van der Waals surface area (Å²) in [7, 11) is 0. The van der Waals surface area contributed by atoms with E-state index in [0.29, 0.717) is 6.04 Å². The number of fused-ring (bicyclic) bond motifs is 1. The number of nitrogens with one attached hydrogen (secondary N) is 1. The van der Waals surface area contributed by atoms with Gasteiger partial charge in [0.05, 0.1) is 6.04 Å². The Morgan fingerprint density at radius 1 is 1.33 bits per heavy atom. The summed E-state index contributed by atoms with van der Waals surface area (Å²) >= 11 is 8.09. The maximum atomic E-state index is 6.18. The van der Waals surface area contributed by atoms with Crippen molar-refractivity contribution in [1.29, 1.82) is 0 Å². The van der Waals surface area contributed by atoms with Crippen LogP contribution < -0.4 is 5.32 Å². The number of rotatable bonds is 2. The van der Waals surface area contributed by atoms with E-state index in [2.05, 4.69) is 37.4 Å². The second-order valence-corrected chi connectivity index (χ2v) is 6.37. The van der Waals surface area contributed by atoms with E-state index in [9.17, 15) is 0 Å². The molecule has 0 amide bonds. The Labute approximate surface area is 117 Å². The summed E-state index contributed by atoms with van der Waals surface area (Å²) in [6.45, 7) is 4.29. The van der Waals surface area contributed by atoms with E-state index in [0.717, 1.165) is 17.9 Å². The fourth-order valence-corrected chi connectivity index (χ4v) is 3.66. The van der Waals surface area contributed by atoms with E-state index < -0.39 is 0 Å². The summed E-state index contributed by atoms with van der Waals surface area (Å²) in [5, 5.41) is 4.47. The fourth-order valence-electron chi connectivity index (χ4n) is 2.50. The number of halogens is 1. The Hall–Kier alpha value is -0.990. The number of benzene rings is 1. The van der Waals surface area contributed by atoms with Crippen LogP contribution in [-0.2, 0) is 12.8 Å². The average Bonchev–Trinajstić information content (AvgIpc) is 2.99. The van der Waals surface area contributed by atoms with Gasteiger partial charge >= 0.3 is 0 Å². The molecule has 94 valence electrons. The molecule has 1 atom stereocenters. The zero-order valence-electron chi connectivity index (χ0n) is 10.6. The van der Waals surface area contributed by atoms with Gasteiger partial charge in [-0.1, -0.05) is 24.6 Å². The number of anilines is 1. The van der Waals surface area contributed by atoms with E-state index >= 15 is 0 Å². The molecule has 0 radical (unpaired) electrons. The standard InChI is InChI=1S/C15H16ClNS/c1-3-11-5-7-14(18-11)13-8-10-4-6-12(16)9(2)15(10)17-13/h4-7,13,17H,3,8H2,1-2H3. The van der Waals surface area contributed by atoms with Crippen molar-refractivity contribution in [2.75, 3.05) is 5.32 Å². The summed E-state index contributed by atoms with van der Waals surface area (Å²) in [5.74, 6) is 0. The molecule has 1 unspecified atom stereocenters. The van der Waals surface area contributed by atoms with E-state index in [-0.39, 0.29) is 0 Å². The van der Waals surface area contributed by atoms with Crippen LogP contribution in [0.3, 0.4) is 0 Å². The third-order valence-corrected chi connectivity index (χ3v) is 5.35. The van der Waals surface area contributed by atoms with Crippen molar-refractivity contribution in [3.05, 3.63) is 50.2 Å². The van der Waals surface area contributed by atoms with Gasteiger partial charge in [-0.25, -0.2) is 0 Å². The number of thiophene rings is 1. The molecule has 1 aliphatic heterocycles. The van der Waals surface area contributed by atoms with Gasteiger partial charge in [0, 0.05) is 20.5 Å². The lowest BCUT2D eigenvalue weighted by Crippen LogP contribution is -2.03. The highest BCUT2D eigenvalue weighted by atomic mass is 35.5. The van der Waals surface area contributed by atoms with Gasteiger partial charge in [-0.3, -0.25) is 0 Å². The van der Waals surface area contributed by atoms with Crippen LogP contribution in [0.1, 0.15) is 33.8 Å². The lowest BCUT2D eigenvalue weighted by atomic mass is 10.1. The summed E-state index contributed by atoms with van der Waals surface area (Å²) in [4.78, 5) is 2.89. The molecule has 18 heavy (non-hydrogen) atoms. The summed E-state index contributed by atoms with van der Waals surface area (Å²) < 4.78 is 0. The molecule has 1 aromatic heterocycles. The van der Waals surface area contributed by atoms with E-state index in [4.69, 9.17) is 11.6 Å². The Bertz CT molecular complexity index is 588. The van der Waals surface area contributed by atoms with Gasteiger partial charge in [-0.05, 0) is 49.1 Å². The molecule has 3 heteroatoms. The molecule has 0 aliphatic carbocycles. The second-order valence-electron chi connectivity index (χ2n) is 4.77. The van der Waals surface area contributed by atoms with Crippen molar-refractivity contribution < 1.29 is 0 Å². The topological polar surface area (TPSA) is 12.0 Å². The minimum absolute atomic E-state index is 0.419. The Kier molecular flexibility index (Phi) is 3.08. The van der Waals surface area contributed by atoms with E-state index in [1.807, 2.05) is 17.4 Å². The smallest absolute Gasteiger partial charge is 0.0647 e. The van der Waals surface area contributed by atoms with Crippen LogP contribution in [0.2, 0.25) is 5.02 Å². The van der Waals surface area contributed by atoms with Gasteiger partial charge in [0.1, 0.15) is 0 Å². The molecule has 1 N–H and O–H groups in total. The van der Waals surface area contributed by atoms with Crippen molar-refractivity contribution >= 4 is 28.6 Å². The van der Waals surface area contributed by atoms with Gasteiger partial charge in [-0.15, -0.1) is 11.3 Å². The van der Waals surface area contributed by atoms with Crippen LogP contribution in [0.5, 0.6) is 0 Å². The maximum absolute atomic E-state index is 6.18. The summed E-state index contributed by atoms with van der Waals surface area (Å²) in [6.07, 6.45) is 2.19. The SMILES string of the molecule is CCc1ccc(C2Cc3ccc(Cl)c(C)c3N2)s1. The molecule has 3 rings (SSSR count). The highest BCUT2D eigenvalue weighted by Gasteiger charge is 2.25. The molecule has 2 aromatic rings. The number of hydrogen-bond donors (Lipinski definition) is 1. The first-order valence-electron chi connectivity index (χ1n) is 6.32. The van der Waals surface area contributed by atoms with Crippen LogP contribution in [0, 0.1) is 6.92 Å². The average molecular weight is 278 g/mol. The van der Waals surface area contributed by atoms with Crippen LogP contribution in [0.25, 0.3) is 0 Å². The number of hydrogen-bond acceptors (Lipinski definition) is 2. The fraction of sp³-hybridized carbons (Fsp3) is 0.333. The predicted molar refractivity (Wildman–Crippen MR) is 80.0 cm³/mol. The van der Waals surface area contributed by atoms with Gasteiger partial charge in [0.2, 0.25) is 0 Å². The lowest BCUT2D eigenvalue weighted by molar-refractivity contribution is 0.843. The highest BCUT2D eigenvalue weighted by molar-refractivity contribution is 7.12. The van der Waals surface area contributed by atoms with Crippen LogP contribution in [0.15, 0.2) is 24.3 Å². The zero-order valence-corrected chi connectivity index (χ0v) is 12.2. The monoisotopic (exact) mass is 277 g/mol. The van der Waals surface area contributed by atoms with Crippen molar-refractivity contribution in [2.45, 2.75) is 32.7 Å². The molecular formula is C15H16ClNS. The van der Waals surface area contributed by atoms with E-state index in [1.54, 1.807) is 0 Å². The van der Waals surface area contributed by atoms with Crippen LogP contribution in [-0.4, -0.2) is 0 Å². The Morgan fingerprint density at radius 3 is 2.89 bits per heavy atom. The molecule has 1 aromatic carbocycles. The van der Waals surface area contributed by atoms with Gasteiger partial charge in [0.25, 0.3) is 0 Å². The lowest BCUT2D eigenvalue weighted by Gasteiger charge is -2.10. The molecule has 1 aliphatic rings. The molecule has 0 bridgehead atoms. The molecule has 0 saturated carbocycles. The third-order valence-electron chi connectivity index (χ3n) is 3.60. The maximum Gasteiger partial charge on any atom is 0.0647 e. The first-order chi connectivity index (χ1) is 8.69. The normalized spacial score (nSPS) is 17.6. The van der Waals surface area contributed by atoms with Crippen molar-refractivity contribution in [1.82, 2.24) is 0 Å². The van der Waals surface area contributed by atoms with Gasteiger partial charge in [0.15, 0.2) is 0 Å². The first-order valence-corrected chi connectivity index (χ1v) is 7.51. The predicted octanol–water partition coefficient (Wildman–Crippen LogP) is 4.98.